The molecule has 0 spiro atoms. The summed E-state index contributed by atoms with van der Waals surface area (Å²) in [6.45, 7) is 3.66. The Balaban J connectivity index is 1.78. The van der Waals surface area contributed by atoms with E-state index in [-0.39, 0.29) is 5.56 Å². The summed E-state index contributed by atoms with van der Waals surface area (Å²) >= 11 is 0. The first-order valence-corrected chi connectivity index (χ1v) is 8.88. The Morgan fingerprint density at radius 3 is 2.03 bits per heavy atom. The van der Waals surface area contributed by atoms with E-state index in [1.165, 1.54) is 12.1 Å². The van der Waals surface area contributed by atoms with E-state index in [9.17, 15) is 22.0 Å². The van der Waals surface area contributed by atoms with E-state index in [1.54, 1.807) is 24.5 Å². The molecule has 0 unspecified atom stereocenters. The van der Waals surface area contributed by atoms with Gasteiger partial charge in [-0.1, -0.05) is 24.1 Å². The van der Waals surface area contributed by atoms with Crippen molar-refractivity contribution in [1.29, 1.82) is 0 Å². The van der Waals surface area contributed by atoms with Crippen LogP contribution in [0.1, 0.15) is 28.9 Å². The van der Waals surface area contributed by atoms with Gasteiger partial charge in [0.1, 0.15) is 17.2 Å². The normalized spacial score (nSPS) is 11.0. The van der Waals surface area contributed by atoms with Crippen LogP contribution in [-0.2, 0) is 12.6 Å². The summed E-state index contributed by atoms with van der Waals surface area (Å²) < 4.78 is 65.6. The molecule has 0 aliphatic carbocycles. The molecule has 0 N–H and O–H groups in total. The summed E-state index contributed by atoms with van der Waals surface area (Å²) in [5, 5.41) is 0. The molecule has 0 atom stereocenters. The molecule has 0 saturated carbocycles. The number of benzene rings is 2. The third-order valence-corrected chi connectivity index (χ3v) is 4.20. The first-order chi connectivity index (χ1) is 14.3. The lowest BCUT2D eigenvalue weighted by Gasteiger charge is -2.11. The van der Waals surface area contributed by atoms with Gasteiger partial charge in [0.2, 0.25) is 5.82 Å². The van der Waals surface area contributed by atoms with Gasteiger partial charge in [-0.2, -0.15) is 13.2 Å². The van der Waals surface area contributed by atoms with E-state index in [2.05, 4.69) is 28.4 Å². The Morgan fingerprint density at radius 1 is 0.900 bits per heavy atom. The third-order valence-electron chi connectivity index (χ3n) is 4.20. The molecule has 2 nitrogen and oxygen atoms in total. The third kappa shape index (κ3) is 5.09. The zero-order valence-corrected chi connectivity index (χ0v) is 15.6. The molecule has 152 valence electrons. The fourth-order valence-electron chi connectivity index (χ4n) is 2.70. The second-order valence-corrected chi connectivity index (χ2v) is 6.38. The second-order valence-electron chi connectivity index (χ2n) is 6.38. The predicted molar refractivity (Wildman–Crippen MR) is 103 cm³/mol. The van der Waals surface area contributed by atoms with Gasteiger partial charge in [-0.05, 0) is 59.7 Å². The highest BCUT2D eigenvalue weighted by Crippen LogP contribution is 2.35. The van der Waals surface area contributed by atoms with Gasteiger partial charge in [-0.15, -0.1) is 6.58 Å². The van der Waals surface area contributed by atoms with Crippen molar-refractivity contribution in [2.45, 2.75) is 19.0 Å². The Morgan fingerprint density at radius 2 is 1.50 bits per heavy atom. The van der Waals surface area contributed by atoms with Crippen LogP contribution < -0.4 is 0 Å². The quantitative estimate of drug-likeness (QED) is 0.299. The number of rotatable bonds is 4. The van der Waals surface area contributed by atoms with Crippen molar-refractivity contribution in [3.05, 3.63) is 95.6 Å². The summed E-state index contributed by atoms with van der Waals surface area (Å²) in [4.78, 5) is 8.33. The molecule has 0 bridgehead atoms. The number of allylic oxidation sites excluding steroid dienone is 1. The molecule has 3 aromatic rings. The monoisotopic (exact) mass is 414 g/mol. The number of alkyl halides is 3. The lowest BCUT2D eigenvalue weighted by atomic mass is 10.0. The van der Waals surface area contributed by atoms with E-state index in [4.69, 9.17) is 0 Å². The average molecular weight is 414 g/mol. The number of hydrogen-bond acceptors (Lipinski definition) is 2. The maximum atomic E-state index is 13.8. The molecule has 0 aliphatic heterocycles. The van der Waals surface area contributed by atoms with Gasteiger partial charge >= 0.3 is 6.18 Å². The summed E-state index contributed by atoms with van der Waals surface area (Å²) in [6, 6.07) is 7.54. The SMILES string of the molecule is C=CCCc1cnc(C#Cc2ccc(-c3cc(F)c(C(F)(F)F)c(F)c3)cc2)nc1. The molecule has 0 amide bonds. The molecule has 30 heavy (non-hydrogen) atoms. The average Bonchev–Trinajstić information content (AvgIpc) is 2.70. The van der Waals surface area contributed by atoms with Crippen molar-refractivity contribution >= 4 is 0 Å². The van der Waals surface area contributed by atoms with E-state index < -0.39 is 23.4 Å². The van der Waals surface area contributed by atoms with Gasteiger partial charge in [0.05, 0.1) is 0 Å². The predicted octanol–water partition coefficient (Wildman–Crippen LogP) is 5.96. The van der Waals surface area contributed by atoms with Crippen molar-refractivity contribution in [3.8, 4) is 23.0 Å². The highest BCUT2D eigenvalue weighted by Gasteiger charge is 2.37. The molecule has 2 aromatic carbocycles. The minimum absolute atomic E-state index is 0.00374. The second kappa shape index (κ2) is 8.87. The highest BCUT2D eigenvalue weighted by atomic mass is 19.4. The molecule has 0 radical (unpaired) electrons. The van der Waals surface area contributed by atoms with Crippen LogP contribution in [0.4, 0.5) is 22.0 Å². The van der Waals surface area contributed by atoms with Crippen molar-refractivity contribution in [2.75, 3.05) is 0 Å². The van der Waals surface area contributed by atoms with Crippen molar-refractivity contribution in [3.63, 3.8) is 0 Å². The van der Waals surface area contributed by atoms with E-state index in [0.29, 0.717) is 29.1 Å². The molecule has 0 fully saturated rings. The van der Waals surface area contributed by atoms with E-state index in [1.807, 2.05) is 6.08 Å². The molecular formula is C23H15F5N2. The first kappa shape index (κ1) is 21.2. The number of aromatic nitrogens is 2. The lowest BCUT2D eigenvalue weighted by Crippen LogP contribution is -2.11. The summed E-state index contributed by atoms with van der Waals surface area (Å²) in [5.41, 5.74) is 0.0156. The van der Waals surface area contributed by atoms with E-state index in [0.717, 1.165) is 18.4 Å². The van der Waals surface area contributed by atoms with Crippen molar-refractivity contribution in [1.82, 2.24) is 9.97 Å². The van der Waals surface area contributed by atoms with Crippen LogP contribution in [0.2, 0.25) is 0 Å². The molecule has 7 heteroatoms. The van der Waals surface area contributed by atoms with Crippen molar-refractivity contribution in [2.24, 2.45) is 0 Å². The van der Waals surface area contributed by atoms with Gasteiger partial charge in [0.25, 0.3) is 0 Å². The number of aryl methyl sites for hydroxylation is 1. The number of halogens is 5. The van der Waals surface area contributed by atoms with Crippen molar-refractivity contribution < 1.29 is 22.0 Å². The standard InChI is InChI=1S/C23H15F5N2/c1-2-3-4-16-13-29-21(30-14-16)10-7-15-5-8-17(9-6-15)18-11-19(24)22(20(25)12-18)23(26,27)28/h2,5-6,8-9,11-14H,1,3-4H2. The Labute approximate surface area is 170 Å². The van der Waals surface area contributed by atoms with Crippen LogP contribution in [0.3, 0.4) is 0 Å². The summed E-state index contributed by atoms with van der Waals surface area (Å²) in [5.74, 6) is 2.70. The van der Waals surface area contributed by atoms with Crippen LogP contribution in [0.15, 0.2) is 61.4 Å². The zero-order chi connectivity index (χ0) is 21.7. The topological polar surface area (TPSA) is 25.8 Å². The first-order valence-electron chi connectivity index (χ1n) is 8.88. The zero-order valence-electron chi connectivity index (χ0n) is 15.6. The van der Waals surface area contributed by atoms with Gasteiger partial charge in [-0.3, -0.25) is 0 Å². The highest BCUT2D eigenvalue weighted by molar-refractivity contribution is 5.65. The number of nitrogens with zero attached hydrogens (tertiary/aromatic N) is 2. The van der Waals surface area contributed by atoms with Crippen LogP contribution in [0, 0.1) is 23.5 Å². The van der Waals surface area contributed by atoms with Gasteiger partial charge in [-0.25, -0.2) is 18.7 Å². The maximum absolute atomic E-state index is 13.8. The lowest BCUT2D eigenvalue weighted by molar-refractivity contribution is -0.142. The van der Waals surface area contributed by atoms with Gasteiger partial charge in [0.15, 0.2) is 0 Å². The van der Waals surface area contributed by atoms with Gasteiger partial charge in [0, 0.05) is 18.0 Å². The largest absolute Gasteiger partial charge is 0.422 e. The molecule has 0 aliphatic rings. The molecule has 0 saturated heterocycles. The Hall–Kier alpha value is -3.53. The smallest absolute Gasteiger partial charge is 0.229 e. The van der Waals surface area contributed by atoms with Crippen LogP contribution >= 0.6 is 0 Å². The van der Waals surface area contributed by atoms with Gasteiger partial charge < -0.3 is 0 Å². The Bertz CT molecular complexity index is 1080. The fourth-order valence-corrected chi connectivity index (χ4v) is 2.70. The Kier molecular flexibility index (Phi) is 6.26. The van der Waals surface area contributed by atoms with Crippen LogP contribution in [0.25, 0.3) is 11.1 Å². The number of hydrogen-bond donors (Lipinski definition) is 0. The summed E-state index contributed by atoms with van der Waals surface area (Å²) in [7, 11) is 0. The molecular weight excluding hydrogens is 399 g/mol. The van der Waals surface area contributed by atoms with Crippen LogP contribution in [-0.4, -0.2) is 9.97 Å². The molecule has 1 heterocycles. The maximum Gasteiger partial charge on any atom is 0.422 e. The van der Waals surface area contributed by atoms with E-state index >= 15 is 0 Å². The molecule has 3 rings (SSSR count). The summed E-state index contributed by atoms with van der Waals surface area (Å²) in [6.07, 6.45) is 1.72. The van der Waals surface area contributed by atoms with Crippen LogP contribution in [0.5, 0.6) is 0 Å². The minimum atomic E-state index is -5.10. The minimum Gasteiger partial charge on any atom is -0.229 e. The molecule has 1 aromatic heterocycles. The fraction of sp³-hybridized carbons (Fsp3) is 0.130.